The first kappa shape index (κ1) is 10.1. The normalized spacial score (nSPS) is 21.6. The lowest BCUT2D eigenvalue weighted by Gasteiger charge is -2.35. The third kappa shape index (κ3) is 1.68. The highest BCUT2D eigenvalue weighted by Gasteiger charge is 2.19. The van der Waals surface area contributed by atoms with Crippen molar-refractivity contribution in [1.29, 1.82) is 0 Å². The van der Waals surface area contributed by atoms with Crippen molar-refractivity contribution in [3.63, 3.8) is 0 Å². The molecule has 1 radical (unpaired) electrons. The van der Waals surface area contributed by atoms with Crippen LogP contribution < -0.4 is 10.2 Å². The van der Waals surface area contributed by atoms with E-state index in [2.05, 4.69) is 39.7 Å². The second kappa shape index (κ2) is 4.03. The van der Waals surface area contributed by atoms with Crippen LogP contribution in [0.5, 0.6) is 0 Å². The molecule has 3 rings (SSSR count). The summed E-state index contributed by atoms with van der Waals surface area (Å²) in [5.74, 6) is 0. The van der Waals surface area contributed by atoms with E-state index in [-0.39, 0.29) is 0 Å². The highest BCUT2D eigenvalue weighted by atomic mass is 32.1. The van der Waals surface area contributed by atoms with Gasteiger partial charge in [0.25, 0.3) is 0 Å². The molecule has 1 saturated heterocycles. The number of nitrogens with zero attached hydrogens (tertiary/aromatic N) is 3. The summed E-state index contributed by atoms with van der Waals surface area (Å²) in [6, 6.07) is 7.11. The van der Waals surface area contributed by atoms with Gasteiger partial charge in [-0.25, -0.2) is 5.32 Å². The molecule has 83 valence electrons. The lowest BCUT2D eigenvalue weighted by molar-refractivity contribution is 0.493. The zero-order valence-electron chi connectivity index (χ0n) is 9.26. The maximum atomic E-state index is 4.43. The van der Waals surface area contributed by atoms with Gasteiger partial charge in [0.05, 0.1) is 4.70 Å². The second-order valence-electron chi connectivity index (χ2n) is 4.22. The van der Waals surface area contributed by atoms with Gasteiger partial charge in [-0.05, 0) is 36.7 Å². The molecule has 1 unspecified atom stereocenters. The Labute approximate surface area is 99.2 Å². The van der Waals surface area contributed by atoms with Crippen molar-refractivity contribution in [3.8, 4) is 0 Å². The summed E-state index contributed by atoms with van der Waals surface area (Å²) in [7, 11) is 0. The Bertz CT molecular complexity index is 494. The maximum Gasteiger partial charge on any atom is 0.0570 e. The van der Waals surface area contributed by atoms with Crippen molar-refractivity contribution in [2.75, 3.05) is 24.5 Å². The van der Waals surface area contributed by atoms with Gasteiger partial charge in [-0.15, -0.1) is 0 Å². The zero-order valence-corrected chi connectivity index (χ0v) is 10.1. The van der Waals surface area contributed by atoms with Crippen molar-refractivity contribution >= 4 is 27.3 Å². The second-order valence-corrected chi connectivity index (χ2v) is 5.05. The molecule has 1 aromatic heterocycles. The molecular weight excluding hydrogens is 218 g/mol. The number of piperazine rings is 1. The van der Waals surface area contributed by atoms with Crippen molar-refractivity contribution in [2.24, 2.45) is 0 Å². The highest BCUT2D eigenvalue weighted by Crippen LogP contribution is 2.26. The number of benzene rings is 1. The summed E-state index contributed by atoms with van der Waals surface area (Å²) in [5, 5.41) is 5.67. The third-order valence-corrected chi connectivity index (χ3v) is 3.86. The molecule has 4 heteroatoms. The minimum absolute atomic E-state index is 0.513. The quantitative estimate of drug-likeness (QED) is 0.754. The first-order valence-corrected chi connectivity index (χ1v) is 6.36. The fourth-order valence-corrected chi connectivity index (χ4v) is 2.87. The van der Waals surface area contributed by atoms with Gasteiger partial charge in [-0.3, -0.25) is 0 Å². The van der Waals surface area contributed by atoms with E-state index in [4.69, 9.17) is 0 Å². The van der Waals surface area contributed by atoms with Gasteiger partial charge in [0.1, 0.15) is 0 Å². The summed E-state index contributed by atoms with van der Waals surface area (Å²) < 4.78 is 5.48. The van der Waals surface area contributed by atoms with E-state index in [0.717, 1.165) is 19.6 Å². The van der Waals surface area contributed by atoms with Gasteiger partial charge in [-0.1, -0.05) is 0 Å². The number of aromatic nitrogens is 1. The lowest BCUT2D eigenvalue weighted by Crippen LogP contribution is -2.47. The number of fused-ring (bicyclic) bond motifs is 1. The summed E-state index contributed by atoms with van der Waals surface area (Å²) >= 11 is 1.57. The summed E-state index contributed by atoms with van der Waals surface area (Å²) in [6.07, 6.45) is 1.93. The van der Waals surface area contributed by atoms with Crippen LogP contribution in [-0.4, -0.2) is 30.0 Å². The van der Waals surface area contributed by atoms with Crippen LogP contribution >= 0.6 is 11.5 Å². The molecule has 1 atom stereocenters. The minimum atomic E-state index is 0.513. The summed E-state index contributed by atoms with van der Waals surface area (Å²) in [6.45, 7) is 5.16. The van der Waals surface area contributed by atoms with Crippen LogP contribution in [0.4, 0.5) is 5.69 Å². The van der Waals surface area contributed by atoms with Crippen LogP contribution in [0.15, 0.2) is 24.4 Å². The first-order chi connectivity index (χ1) is 7.84. The molecule has 0 N–H and O–H groups in total. The molecule has 1 aliphatic rings. The van der Waals surface area contributed by atoms with Crippen molar-refractivity contribution in [2.45, 2.75) is 13.0 Å². The average Bonchev–Trinajstić information content (AvgIpc) is 2.76. The highest BCUT2D eigenvalue weighted by molar-refractivity contribution is 7.13. The van der Waals surface area contributed by atoms with E-state index in [1.165, 1.54) is 15.8 Å². The SMILES string of the molecule is CC1C[N]CCN1c1ccc2cnsc2c1. The van der Waals surface area contributed by atoms with Crippen molar-refractivity contribution < 1.29 is 0 Å². The molecule has 0 spiro atoms. The van der Waals surface area contributed by atoms with Crippen molar-refractivity contribution in [1.82, 2.24) is 9.69 Å². The van der Waals surface area contributed by atoms with Crippen LogP contribution in [0.1, 0.15) is 6.92 Å². The third-order valence-electron chi connectivity index (χ3n) is 3.10. The number of anilines is 1. The van der Waals surface area contributed by atoms with Gasteiger partial charge in [-0.2, -0.15) is 4.37 Å². The molecule has 2 heterocycles. The first-order valence-electron chi connectivity index (χ1n) is 5.59. The molecule has 0 aliphatic carbocycles. The Kier molecular flexibility index (Phi) is 2.53. The van der Waals surface area contributed by atoms with E-state index < -0.39 is 0 Å². The van der Waals surface area contributed by atoms with Gasteiger partial charge < -0.3 is 4.90 Å². The van der Waals surface area contributed by atoms with Crippen LogP contribution in [-0.2, 0) is 0 Å². The number of hydrogen-bond donors (Lipinski definition) is 0. The van der Waals surface area contributed by atoms with Crippen LogP contribution in [0.25, 0.3) is 10.1 Å². The molecule has 1 fully saturated rings. The van der Waals surface area contributed by atoms with E-state index in [1.807, 2.05) is 6.20 Å². The molecular formula is C12H14N3S. The Morgan fingerprint density at radius 2 is 2.38 bits per heavy atom. The van der Waals surface area contributed by atoms with Crippen LogP contribution in [0.3, 0.4) is 0 Å². The Balaban J connectivity index is 1.97. The van der Waals surface area contributed by atoms with E-state index in [1.54, 1.807) is 11.5 Å². The smallest absolute Gasteiger partial charge is 0.0570 e. The predicted octanol–water partition coefficient (Wildman–Crippen LogP) is 2.11. The lowest BCUT2D eigenvalue weighted by atomic mass is 10.1. The largest absolute Gasteiger partial charge is 0.366 e. The molecule has 0 saturated carbocycles. The van der Waals surface area contributed by atoms with E-state index in [9.17, 15) is 0 Å². The van der Waals surface area contributed by atoms with Gasteiger partial charge in [0.15, 0.2) is 0 Å². The zero-order chi connectivity index (χ0) is 11.0. The van der Waals surface area contributed by atoms with Crippen LogP contribution in [0, 0.1) is 0 Å². The van der Waals surface area contributed by atoms with E-state index >= 15 is 0 Å². The fourth-order valence-electron chi connectivity index (χ4n) is 2.19. The Morgan fingerprint density at radius 3 is 3.25 bits per heavy atom. The molecule has 16 heavy (non-hydrogen) atoms. The molecule has 2 aromatic rings. The average molecular weight is 232 g/mol. The minimum Gasteiger partial charge on any atom is -0.366 e. The Hall–Kier alpha value is -1.13. The maximum absolute atomic E-state index is 4.43. The number of rotatable bonds is 1. The van der Waals surface area contributed by atoms with E-state index in [0.29, 0.717) is 6.04 Å². The number of hydrogen-bond acceptors (Lipinski definition) is 3. The topological polar surface area (TPSA) is 30.2 Å². The molecule has 1 aliphatic heterocycles. The Morgan fingerprint density at radius 1 is 1.44 bits per heavy atom. The molecule has 1 aromatic carbocycles. The molecule has 0 amide bonds. The van der Waals surface area contributed by atoms with Gasteiger partial charge in [0.2, 0.25) is 0 Å². The van der Waals surface area contributed by atoms with Crippen LogP contribution in [0.2, 0.25) is 0 Å². The summed E-state index contributed by atoms with van der Waals surface area (Å²) in [4.78, 5) is 2.44. The fraction of sp³-hybridized carbons (Fsp3) is 0.417. The summed E-state index contributed by atoms with van der Waals surface area (Å²) in [5.41, 5.74) is 1.30. The molecule has 0 bridgehead atoms. The van der Waals surface area contributed by atoms with Crippen molar-refractivity contribution in [3.05, 3.63) is 24.4 Å². The standard InChI is InChI=1S/C12H14N3S/c1-9-7-13-4-5-15(9)11-3-2-10-8-14-16-12(10)6-11/h2-3,6,8-9H,4-5,7H2,1H3. The van der Waals surface area contributed by atoms with Gasteiger partial charge in [0, 0.05) is 42.9 Å². The predicted molar refractivity (Wildman–Crippen MR) is 68.3 cm³/mol. The monoisotopic (exact) mass is 232 g/mol. The van der Waals surface area contributed by atoms with Gasteiger partial charge >= 0.3 is 0 Å². The molecule has 3 nitrogen and oxygen atoms in total.